The minimum Gasteiger partial charge on any atom is -0.462 e. The van der Waals surface area contributed by atoms with E-state index < -0.39 is 0 Å². The first-order chi connectivity index (χ1) is 8.79. The minimum absolute atomic E-state index is 0.326. The molecule has 2 aliphatic heterocycles. The summed E-state index contributed by atoms with van der Waals surface area (Å²) in [5, 5.41) is 0. The van der Waals surface area contributed by atoms with Crippen LogP contribution in [0.25, 0.3) is 0 Å². The SMILES string of the molecule is CCOC(=O)C1=CN2C(=NS1)Cc1cnccc12. The zero-order valence-corrected chi connectivity index (χ0v) is 10.6. The quantitative estimate of drug-likeness (QED) is 0.601. The van der Waals surface area contributed by atoms with Crippen LogP contribution in [0.15, 0.2) is 34.0 Å². The Kier molecular flexibility index (Phi) is 2.79. The van der Waals surface area contributed by atoms with Crippen molar-refractivity contribution < 1.29 is 9.53 Å². The van der Waals surface area contributed by atoms with E-state index in [-0.39, 0.29) is 5.97 Å². The number of aromatic nitrogens is 1. The van der Waals surface area contributed by atoms with Crippen molar-refractivity contribution >= 4 is 29.4 Å². The van der Waals surface area contributed by atoms with Crippen LogP contribution in [0.2, 0.25) is 0 Å². The Labute approximate surface area is 109 Å². The number of carbonyl (C=O) groups is 1. The second kappa shape index (κ2) is 4.45. The summed E-state index contributed by atoms with van der Waals surface area (Å²) in [6.45, 7) is 2.16. The van der Waals surface area contributed by atoms with E-state index in [0.29, 0.717) is 11.5 Å². The third-order valence-corrected chi connectivity index (χ3v) is 3.51. The van der Waals surface area contributed by atoms with Gasteiger partial charge in [-0.2, -0.15) is 4.40 Å². The fourth-order valence-corrected chi connectivity index (χ4v) is 2.58. The first-order valence-corrected chi connectivity index (χ1v) is 6.42. The third-order valence-electron chi connectivity index (χ3n) is 2.74. The summed E-state index contributed by atoms with van der Waals surface area (Å²) in [4.78, 5) is 18.2. The van der Waals surface area contributed by atoms with E-state index in [4.69, 9.17) is 4.74 Å². The molecule has 3 heterocycles. The van der Waals surface area contributed by atoms with Gasteiger partial charge in [-0.05, 0) is 13.0 Å². The molecule has 18 heavy (non-hydrogen) atoms. The third kappa shape index (κ3) is 1.78. The lowest BCUT2D eigenvalue weighted by Crippen LogP contribution is -2.24. The number of amidine groups is 1. The summed E-state index contributed by atoms with van der Waals surface area (Å²) in [7, 11) is 0. The lowest BCUT2D eigenvalue weighted by molar-refractivity contribution is -0.137. The number of nitrogens with zero attached hydrogens (tertiary/aromatic N) is 3. The molecule has 1 aromatic heterocycles. The van der Waals surface area contributed by atoms with Crippen LogP contribution >= 0.6 is 11.9 Å². The molecule has 0 amide bonds. The Bertz CT molecular complexity index is 568. The number of rotatable bonds is 2. The van der Waals surface area contributed by atoms with E-state index in [1.54, 1.807) is 19.3 Å². The topological polar surface area (TPSA) is 54.8 Å². The van der Waals surface area contributed by atoms with Crippen LogP contribution in [0.4, 0.5) is 5.69 Å². The Hall–Kier alpha value is -1.82. The van der Waals surface area contributed by atoms with Gasteiger partial charge in [0.1, 0.15) is 10.7 Å². The maximum atomic E-state index is 11.7. The van der Waals surface area contributed by atoms with Crippen LogP contribution in [0.5, 0.6) is 0 Å². The van der Waals surface area contributed by atoms with Gasteiger partial charge in [-0.1, -0.05) is 0 Å². The first kappa shape index (κ1) is 11.3. The molecular weight excluding hydrogens is 250 g/mol. The number of hydrogen-bond donors (Lipinski definition) is 0. The summed E-state index contributed by atoms with van der Waals surface area (Å²) in [6, 6.07) is 1.92. The zero-order valence-electron chi connectivity index (χ0n) is 9.79. The van der Waals surface area contributed by atoms with Crippen LogP contribution in [-0.2, 0) is 16.0 Å². The lowest BCUT2D eigenvalue weighted by atomic mass is 10.2. The van der Waals surface area contributed by atoms with Crippen LogP contribution in [0, 0.1) is 0 Å². The molecule has 0 saturated heterocycles. The highest BCUT2D eigenvalue weighted by Crippen LogP contribution is 2.35. The van der Waals surface area contributed by atoms with Crippen LogP contribution < -0.4 is 4.90 Å². The van der Waals surface area contributed by atoms with E-state index in [0.717, 1.165) is 23.5 Å². The maximum absolute atomic E-state index is 11.7. The molecule has 0 N–H and O–H groups in total. The van der Waals surface area contributed by atoms with Crippen molar-refractivity contribution in [1.29, 1.82) is 0 Å². The van der Waals surface area contributed by atoms with Gasteiger partial charge in [-0.25, -0.2) is 4.79 Å². The van der Waals surface area contributed by atoms with Crippen molar-refractivity contribution in [2.24, 2.45) is 4.40 Å². The van der Waals surface area contributed by atoms with E-state index >= 15 is 0 Å². The van der Waals surface area contributed by atoms with Gasteiger partial charge in [0.2, 0.25) is 0 Å². The standard InChI is InChI=1S/C12H11N3O2S/c1-2-17-12(16)10-7-15-9-3-4-13-6-8(9)5-11(15)14-18-10/h3-4,6-7H,2,5H2,1H3. The van der Waals surface area contributed by atoms with Gasteiger partial charge in [0.15, 0.2) is 0 Å². The van der Waals surface area contributed by atoms with E-state index in [1.165, 1.54) is 11.9 Å². The number of hydrogen-bond acceptors (Lipinski definition) is 6. The summed E-state index contributed by atoms with van der Waals surface area (Å²) in [5.74, 6) is 0.601. The monoisotopic (exact) mass is 261 g/mol. The van der Waals surface area contributed by atoms with Crippen LogP contribution in [0.1, 0.15) is 12.5 Å². The predicted octanol–water partition coefficient (Wildman–Crippen LogP) is 1.91. The second-order valence-corrected chi connectivity index (χ2v) is 4.67. The smallest absolute Gasteiger partial charge is 0.348 e. The Morgan fingerprint density at radius 2 is 2.50 bits per heavy atom. The molecular formula is C12H11N3O2S. The minimum atomic E-state index is -0.326. The summed E-state index contributed by atoms with van der Waals surface area (Å²) in [6.07, 6.45) is 6.11. The highest BCUT2D eigenvalue weighted by atomic mass is 32.2. The fraction of sp³-hybridized carbons (Fsp3) is 0.250. The van der Waals surface area contributed by atoms with Gasteiger partial charge in [0.25, 0.3) is 0 Å². The van der Waals surface area contributed by atoms with Gasteiger partial charge in [0.05, 0.1) is 12.3 Å². The summed E-state index contributed by atoms with van der Waals surface area (Å²) < 4.78 is 9.33. The van der Waals surface area contributed by atoms with Gasteiger partial charge in [-0.3, -0.25) is 4.98 Å². The normalized spacial score (nSPS) is 16.6. The largest absolute Gasteiger partial charge is 0.462 e. The van der Waals surface area contributed by atoms with Crippen LogP contribution in [0.3, 0.4) is 0 Å². The van der Waals surface area contributed by atoms with Gasteiger partial charge in [0, 0.05) is 42.5 Å². The van der Waals surface area contributed by atoms with Crippen molar-refractivity contribution in [3.05, 3.63) is 35.1 Å². The van der Waals surface area contributed by atoms with Crippen molar-refractivity contribution in [3.8, 4) is 0 Å². The number of ether oxygens (including phenoxy) is 1. The fourth-order valence-electron chi connectivity index (χ4n) is 1.94. The van der Waals surface area contributed by atoms with Crippen molar-refractivity contribution in [2.45, 2.75) is 13.3 Å². The van der Waals surface area contributed by atoms with E-state index in [2.05, 4.69) is 9.38 Å². The first-order valence-electron chi connectivity index (χ1n) is 5.64. The predicted molar refractivity (Wildman–Crippen MR) is 70.2 cm³/mol. The Balaban J connectivity index is 1.93. The molecule has 0 atom stereocenters. The number of fused-ring (bicyclic) bond motifs is 3. The number of carbonyl (C=O) groups excluding carboxylic acids is 1. The molecule has 0 aliphatic carbocycles. The summed E-state index contributed by atoms with van der Waals surface area (Å²) >= 11 is 1.17. The van der Waals surface area contributed by atoms with Gasteiger partial charge in [-0.15, -0.1) is 0 Å². The highest BCUT2D eigenvalue weighted by molar-refractivity contribution is 8.03. The molecule has 1 aromatic rings. The molecule has 0 unspecified atom stereocenters. The molecule has 0 spiro atoms. The average molecular weight is 261 g/mol. The zero-order chi connectivity index (χ0) is 12.5. The van der Waals surface area contributed by atoms with Crippen molar-refractivity contribution in [3.63, 3.8) is 0 Å². The molecule has 0 bridgehead atoms. The maximum Gasteiger partial charge on any atom is 0.348 e. The number of anilines is 1. The molecule has 0 aromatic carbocycles. The van der Waals surface area contributed by atoms with Crippen molar-refractivity contribution in [1.82, 2.24) is 4.98 Å². The number of pyridine rings is 1. The lowest BCUT2D eigenvalue weighted by Gasteiger charge is -2.20. The molecule has 92 valence electrons. The molecule has 0 radical (unpaired) electrons. The summed E-state index contributed by atoms with van der Waals surface area (Å²) in [5.41, 5.74) is 2.16. The Morgan fingerprint density at radius 1 is 1.61 bits per heavy atom. The second-order valence-electron chi connectivity index (χ2n) is 3.86. The molecule has 2 aliphatic rings. The molecule has 5 nitrogen and oxygen atoms in total. The van der Waals surface area contributed by atoms with E-state index in [9.17, 15) is 4.79 Å². The highest BCUT2D eigenvalue weighted by Gasteiger charge is 2.29. The van der Waals surface area contributed by atoms with Gasteiger partial charge >= 0.3 is 5.97 Å². The number of esters is 1. The average Bonchev–Trinajstić information content (AvgIpc) is 2.76. The molecule has 6 heteroatoms. The van der Waals surface area contributed by atoms with E-state index in [1.807, 2.05) is 17.2 Å². The molecule has 3 rings (SSSR count). The molecule has 0 saturated carbocycles. The Morgan fingerprint density at radius 3 is 3.33 bits per heavy atom. The van der Waals surface area contributed by atoms with Crippen molar-refractivity contribution in [2.75, 3.05) is 11.5 Å². The van der Waals surface area contributed by atoms with Crippen LogP contribution in [-0.4, -0.2) is 23.4 Å². The molecule has 0 fully saturated rings. The van der Waals surface area contributed by atoms with Gasteiger partial charge < -0.3 is 9.64 Å².